The maximum absolute atomic E-state index is 11.0. The molecule has 0 bridgehead atoms. The van der Waals surface area contributed by atoms with Crippen molar-refractivity contribution in [1.82, 2.24) is 4.90 Å². The molecule has 1 aliphatic rings. The van der Waals surface area contributed by atoms with Crippen molar-refractivity contribution in [3.63, 3.8) is 0 Å². The number of hydrogen-bond acceptors (Lipinski definition) is 4. The van der Waals surface area contributed by atoms with Crippen molar-refractivity contribution in [2.75, 3.05) is 19.7 Å². The second-order valence-electron chi connectivity index (χ2n) is 2.82. The number of primary amides is 1. The number of carboxylic acids is 1. The van der Waals surface area contributed by atoms with Gasteiger partial charge in [0.1, 0.15) is 0 Å². The van der Waals surface area contributed by atoms with E-state index in [-0.39, 0.29) is 19.7 Å². The fourth-order valence-corrected chi connectivity index (χ4v) is 1.14. The topological polar surface area (TPSA) is 110 Å². The van der Waals surface area contributed by atoms with Gasteiger partial charge in [-0.2, -0.15) is 0 Å². The summed E-state index contributed by atoms with van der Waals surface area (Å²) in [6.07, 6.45) is -0.910. The van der Waals surface area contributed by atoms with E-state index in [1.807, 2.05) is 0 Å². The van der Waals surface area contributed by atoms with Crippen molar-refractivity contribution in [2.45, 2.75) is 6.10 Å². The van der Waals surface area contributed by atoms with E-state index in [0.717, 1.165) is 4.90 Å². The lowest BCUT2D eigenvalue weighted by Gasteiger charge is -2.29. The molecule has 0 aromatic rings. The van der Waals surface area contributed by atoms with Crippen LogP contribution < -0.4 is 5.73 Å². The Morgan fingerprint density at radius 1 is 1.43 bits per heavy atom. The number of nitrogens with two attached hydrogens (primary N) is 1. The molecule has 0 spiro atoms. The highest BCUT2D eigenvalue weighted by molar-refractivity contribution is 6.31. The van der Waals surface area contributed by atoms with Gasteiger partial charge in [0.05, 0.1) is 13.2 Å². The highest BCUT2D eigenvalue weighted by atomic mass is 16.5. The second-order valence-corrected chi connectivity index (χ2v) is 2.82. The van der Waals surface area contributed by atoms with Gasteiger partial charge in [0.15, 0.2) is 6.10 Å². The van der Waals surface area contributed by atoms with Crippen LogP contribution in [0, 0.1) is 0 Å². The van der Waals surface area contributed by atoms with Crippen LogP contribution in [0.3, 0.4) is 0 Å². The summed E-state index contributed by atoms with van der Waals surface area (Å²) >= 11 is 0. The molecule has 1 saturated heterocycles. The lowest BCUT2D eigenvalue weighted by molar-refractivity contribution is -0.161. The fourth-order valence-electron chi connectivity index (χ4n) is 1.14. The number of hydrogen-bond donors (Lipinski definition) is 2. The van der Waals surface area contributed by atoms with Crippen molar-refractivity contribution >= 4 is 17.8 Å². The average molecular weight is 202 g/mol. The lowest BCUT2D eigenvalue weighted by Crippen LogP contribution is -2.52. The van der Waals surface area contributed by atoms with Crippen LogP contribution in [0.15, 0.2) is 0 Å². The first kappa shape index (κ1) is 10.5. The first-order valence-electron chi connectivity index (χ1n) is 3.95. The van der Waals surface area contributed by atoms with E-state index in [1.165, 1.54) is 0 Å². The number of morpholine rings is 1. The molecule has 14 heavy (non-hydrogen) atoms. The van der Waals surface area contributed by atoms with Gasteiger partial charge in [-0.1, -0.05) is 0 Å². The normalized spacial score (nSPS) is 21.7. The van der Waals surface area contributed by atoms with Crippen molar-refractivity contribution in [3.05, 3.63) is 0 Å². The summed E-state index contributed by atoms with van der Waals surface area (Å²) in [5.74, 6) is -3.29. The van der Waals surface area contributed by atoms with E-state index < -0.39 is 23.9 Å². The number of aliphatic carboxylic acids is 1. The standard InChI is InChI=1S/C7H10N2O5/c8-5(10)4-3-9(1-2-14-4)6(11)7(12)13/h4H,1-3H2,(H2,8,10)(H,12,13). The summed E-state index contributed by atoms with van der Waals surface area (Å²) < 4.78 is 4.94. The number of carboxylic acid groups (broad SMARTS) is 1. The predicted molar refractivity (Wildman–Crippen MR) is 43.2 cm³/mol. The fraction of sp³-hybridized carbons (Fsp3) is 0.571. The summed E-state index contributed by atoms with van der Waals surface area (Å²) in [6, 6.07) is 0. The van der Waals surface area contributed by atoms with Gasteiger partial charge in [-0.3, -0.25) is 9.59 Å². The quantitative estimate of drug-likeness (QED) is 0.468. The SMILES string of the molecule is NC(=O)C1CN(C(=O)C(=O)O)CCO1. The van der Waals surface area contributed by atoms with Gasteiger partial charge in [0.2, 0.25) is 5.91 Å². The molecule has 1 rings (SSSR count). The number of carbonyl (C=O) groups is 3. The molecule has 0 aromatic heterocycles. The predicted octanol–water partition coefficient (Wildman–Crippen LogP) is -2.22. The molecule has 7 heteroatoms. The van der Waals surface area contributed by atoms with Crippen molar-refractivity contribution < 1.29 is 24.2 Å². The van der Waals surface area contributed by atoms with Crippen LogP contribution in [0.4, 0.5) is 0 Å². The van der Waals surface area contributed by atoms with E-state index in [4.69, 9.17) is 15.6 Å². The van der Waals surface area contributed by atoms with Crippen LogP contribution in [0.2, 0.25) is 0 Å². The number of carbonyl (C=O) groups excluding carboxylic acids is 2. The molecule has 3 N–H and O–H groups in total. The summed E-state index contributed by atoms with van der Waals surface area (Å²) in [6.45, 7) is 0.183. The number of amides is 2. The van der Waals surface area contributed by atoms with Crippen LogP contribution in [-0.2, 0) is 19.1 Å². The van der Waals surface area contributed by atoms with Crippen LogP contribution >= 0.6 is 0 Å². The third-order valence-electron chi connectivity index (χ3n) is 1.85. The monoisotopic (exact) mass is 202 g/mol. The minimum atomic E-state index is -1.55. The Balaban J connectivity index is 2.60. The molecular weight excluding hydrogens is 192 g/mol. The molecule has 0 aliphatic carbocycles. The van der Waals surface area contributed by atoms with Crippen LogP contribution in [0.5, 0.6) is 0 Å². The van der Waals surface area contributed by atoms with Crippen LogP contribution in [0.25, 0.3) is 0 Å². The molecule has 7 nitrogen and oxygen atoms in total. The average Bonchev–Trinajstić information content (AvgIpc) is 2.16. The van der Waals surface area contributed by atoms with Gasteiger partial charge in [0.25, 0.3) is 0 Å². The van der Waals surface area contributed by atoms with Gasteiger partial charge >= 0.3 is 11.9 Å². The molecule has 1 heterocycles. The van der Waals surface area contributed by atoms with E-state index in [9.17, 15) is 14.4 Å². The van der Waals surface area contributed by atoms with Crippen molar-refractivity contribution in [3.8, 4) is 0 Å². The first-order chi connectivity index (χ1) is 6.52. The molecule has 1 aliphatic heterocycles. The molecule has 1 atom stereocenters. The second kappa shape index (κ2) is 4.05. The Morgan fingerprint density at radius 2 is 2.07 bits per heavy atom. The zero-order valence-corrected chi connectivity index (χ0v) is 7.30. The Kier molecular flexibility index (Phi) is 3.03. The lowest BCUT2D eigenvalue weighted by atomic mass is 10.2. The largest absolute Gasteiger partial charge is 0.474 e. The number of nitrogens with zero attached hydrogens (tertiary/aromatic N) is 1. The Labute approximate surface area is 79.4 Å². The minimum absolute atomic E-state index is 0.0968. The zero-order valence-electron chi connectivity index (χ0n) is 7.30. The van der Waals surface area contributed by atoms with Crippen LogP contribution in [-0.4, -0.2) is 53.6 Å². The highest BCUT2D eigenvalue weighted by Crippen LogP contribution is 2.04. The summed E-state index contributed by atoms with van der Waals surface area (Å²) in [7, 11) is 0. The van der Waals surface area contributed by atoms with E-state index in [2.05, 4.69) is 0 Å². The number of ether oxygens (including phenoxy) is 1. The molecule has 2 amide bonds. The van der Waals surface area contributed by atoms with Gasteiger partial charge in [-0.15, -0.1) is 0 Å². The molecule has 1 unspecified atom stereocenters. The van der Waals surface area contributed by atoms with E-state index >= 15 is 0 Å². The van der Waals surface area contributed by atoms with Gasteiger partial charge in [-0.05, 0) is 0 Å². The summed E-state index contributed by atoms with van der Waals surface area (Å²) in [5.41, 5.74) is 4.96. The van der Waals surface area contributed by atoms with Crippen LogP contribution in [0.1, 0.15) is 0 Å². The Bertz CT molecular complexity index is 277. The third-order valence-corrected chi connectivity index (χ3v) is 1.85. The van der Waals surface area contributed by atoms with Gasteiger partial charge < -0.3 is 20.5 Å². The molecule has 1 fully saturated rings. The highest BCUT2D eigenvalue weighted by Gasteiger charge is 2.30. The Hall–Kier alpha value is -1.63. The van der Waals surface area contributed by atoms with Gasteiger partial charge in [0, 0.05) is 6.54 Å². The smallest absolute Gasteiger partial charge is 0.394 e. The maximum Gasteiger partial charge on any atom is 0.394 e. The molecular formula is C7H10N2O5. The maximum atomic E-state index is 11.0. The molecule has 0 saturated carbocycles. The third kappa shape index (κ3) is 2.19. The number of rotatable bonds is 1. The van der Waals surface area contributed by atoms with Crippen molar-refractivity contribution in [1.29, 1.82) is 0 Å². The zero-order chi connectivity index (χ0) is 10.7. The first-order valence-corrected chi connectivity index (χ1v) is 3.95. The Morgan fingerprint density at radius 3 is 2.57 bits per heavy atom. The minimum Gasteiger partial charge on any atom is -0.474 e. The van der Waals surface area contributed by atoms with E-state index in [1.54, 1.807) is 0 Å². The summed E-state index contributed by atoms with van der Waals surface area (Å²) in [5, 5.41) is 8.41. The van der Waals surface area contributed by atoms with Crippen molar-refractivity contribution in [2.24, 2.45) is 5.73 Å². The van der Waals surface area contributed by atoms with Gasteiger partial charge in [-0.25, -0.2) is 4.79 Å². The molecule has 78 valence electrons. The summed E-state index contributed by atoms with van der Waals surface area (Å²) in [4.78, 5) is 33.0. The molecule has 0 radical (unpaired) electrons. The molecule has 0 aromatic carbocycles. The van der Waals surface area contributed by atoms with E-state index in [0.29, 0.717) is 0 Å².